The second-order valence-corrected chi connectivity index (χ2v) is 6.70. The van der Waals surface area contributed by atoms with E-state index in [0.717, 1.165) is 45.3 Å². The molecule has 2 N–H and O–H groups in total. The Bertz CT molecular complexity index is 353. The van der Waals surface area contributed by atoms with Gasteiger partial charge < -0.3 is 15.2 Å². The first kappa shape index (κ1) is 16.7. The van der Waals surface area contributed by atoms with Gasteiger partial charge in [0.25, 0.3) is 0 Å². The Morgan fingerprint density at radius 3 is 2.62 bits per heavy atom. The third kappa shape index (κ3) is 3.76. The maximum Gasteiger partial charge on any atom is 0.324 e. The van der Waals surface area contributed by atoms with Gasteiger partial charge in [0.15, 0.2) is 0 Å². The predicted molar refractivity (Wildman–Crippen MR) is 82.5 cm³/mol. The minimum atomic E-state index is -0.696. The van der Waals surface area contributed by atoms with Crippen molar-refractivity contribution in [1.29, 1.82) is 0 Å². The van der Waals surface area contributed by atoms with Crippen LogP contribution in [-0.4, -0.2) is 59.9 Å². The van der Waals surface area contributed by atoms with Gasteiger partial charge in [-0.05, 0) is 52.1 Å². The van der Waals surface area contributed by atoms with Crippen LogP contribution in [0.1, 0.15) is 46.5 Å². The summed E-state index contributed by atoms with van der Waals surface area (Å²) < 4.78 is 5.76. The van der Waals surface area contributed by atoms with Crippen LogP contribution in [0, 0.1) is 5.92 Å². The smallest absolute Gasteiger partial charge is 0.324 e. The molecule has 2 unspecified atom stereocenters. The highest BCUT2D eigenvalue weighted by atomic mass is 16.5. The summed E-state index contributed by atoms with van der Waals surface area (Å²) in [6.07, 6.45) is 4.30. The highest BCUT2D eigenvalue weighted by molar-refractivity contribution is 5.79. The van der Waals surface area contributed by atoms with E-state index in [1.807, 2.05) is 6.92 Å². The molecule has 122 valence electrons. The third-order valence-electron chi connectivity index (χ3n) is 4.98. The molecule has 0 radical (unpaired) electrons. The van der Waals surface area contributed by atoms with Gasteiger partial charge >= 0.3 is 5.97 Å². The number of aliphatic carboxylic acids is 1. The molecular formula is C16H30N2O3. The van der Waals surface area contributed by atoms with E-state index in [0.29, 0.717) is 6.54 Å². The molecule has 2 aliphatic rings. The van der Waals surface area contributed by atoms with E-state index in [1.54, 1.807) is 0 Å². The number of carbonyl (C=O) groups is 1. The van der Waals surface area contributed by atoms with Crippen molar-refractivity contribution < 1.29 is 14.6 Å². The van der Waals surface area contributed by atoms with E-state index in [-0.39, 0.29) is 18.1 Å². The topological polar surface area (TPSA) is 61.8 Å². The summed E-state index contributed by atoms with van der Waals surface area (Å²) in [5.41, 5.74) is -0.696. The molecule has 0 aromatic carbocycles. The van der Waals surface area contributed by atoms with Gasteiger partial charge in [-0.15, -0.1) is 0 Å². The van der Waals surface area contributed by atoms with Crippen LogP contribution in [0.2, 0.25) is 0 Å². The molecule has 1 saturated heterocycles. The largest absolute Gasteiger partial charge is 0.480 e. The van der Waals surface area contributed by atoms with Crippen LogP contribution in [-0.2, 0) is 9.53 Å². The lowest BCUT2D eigenvalue weighted by atomic mass is 9.84. The van der Waals surface area contributed by atoms with Gasteiger partial charge in [-0.2, -0.15) is 0 Å². The lowest BCUT2D eigenvalue weighted by molar-refractivity contribution is -0.147. The first-order valence-corrected chi connectivity index (χ1v) is 8.34. The van der Waals surface area contributed by atoms with E-state index in [1.165, 1.54) is 0 Å². The van der Waals surface area contributed by atoms with Crippen molar-refractivity contribution in [3.05, 3.63) is 0 Å². The van der Waals surface area contributed by atoms with E-state index in [2.05, 4.69) is 24.1 Å². The summed E-state index contributed by atoms with van der Waals surface area (Å²) in [6.45, 7) is 9.82. The molecule has 0 bridgehead atoms. The number of likely N-dealkylation sites (N-methyl/N-ethyl adjacent to an activating group) is 1. The summed E-state index contributed by atoms with van der Waals surface area (Å²) in [6, 6.07) is 0. The average Bonchev–Trinajstić information content (AvgIpc) is 2.80. The van der Waals surface area contributed by atoms with Gasteiger partial charge in [0, 0.05) is 13.1 Å². The second-order valence-electron chi connectivity index (χ2n) is 6.70. The molecule has 4 atom stereocenters. The average molecular weight is 298 g/mol. The highest BCUT2D eigenvalue weighted by Crippen LogP contribution is 2.38. The van der Waals surface area contributed by atoms with Gasteiger partial charge in [-0.25, -0.2) is 0 Å². The molecule has 5 heteroatoms. The third-order valence-corrected chi connectivity index (χ3v) is 4.98. The van der Waals surface area contributed by atoms with Crippen molar-refractivity contribution in [1.82, 2.24) is 10.2 Å². The van der Waals surface area contributed by atoms with E-state index in [4.69, 9.17) is 4.74 Å². The molecule has 1 aliphatic carbocycles. The summed E-state index contributed by atoms with van der Waals surface area (Å²) in [4.78, 5) is 14.2. The molecule has 1 saturated carbocycles. The Morgan fingerprint density at radius 1 is 1.38 bits per heavy atom. The van der Waals surface area contributed by atoms with Gasteiger partial charge in [-0.1, -0.05) is 13.3 Å². The minimum absolute atomic E-state index is 0.239. The van der Waals surface area contributed by atoms with Crippen molar-refractivity contribution in [2.24, 2.45) is 5.92 Å². The maximum atomic E-state index is 11.8. The number of carboxylic acid groups (broad SMARTS) is 1. The standard InChI is InChI=1S/C16H30N2O3/c1-4-17-16(15(19)20)8-5-6-14(16)7-9-18-10-12(2)21-13(3)11-18/h12-14,17H,4-11H2,1-3H3,(H,19,20)/t12-,13+,14?,16?. The number of nitrogens with one attached hydrogen (secondary N) is 1. The summed E-state index contributed by atoms with van der Waals surface area (Å²) in [7, 11) is 0. The second kappa shape index (κ2) is 7.07. The molecule has 0 amide bonds. The van der Waals surface area contributed by atoms with Gasteiger partial charge in [-0.3, -0.25) is 9.69 Å². The van der Waals surface area contributed by atoms with Gasteiger partial charge in [0.2, 0.25) is 0 Å². The molecule has 0 spiro atoms. The molecular weight excluding hydrogens is 268 g/mol. The van der Waals surface area contributed by atoms with Crippen LogP contribution in [0.15, 0.2) is 0 Å². The number of morpholine rings is 1. The van der Waals surface area contributed by atoms with Crippen molar-refractivity contribution in [2.75, 3.05) is 26.2 Å². The zero-order valence-electron chi connectivity index (χ0n) is 13.6. The molecule has 1 aliphatic heterocycles. The fraction of sp³-hybridized carbons (Fsp3) is 0.938. The monoisotopic (exact) mass is 298 g/mol. The van der Waals surface area contributed by atoms with E-state index < -0.39 is 11.5 Å². The molecule has 2 fully saturated rings. The number of rotatable bonds is 6. The fourth-order valence-corrected chi connectivity index (χ4v) is 4.18. The van der Waals surface area contributed by atoms with Crippen molar-refractivity contribution >= 4 is 5.97 Å². The Hall–Kier alpha value is -0.650. The van der Waals surface area contributed by atoms with Crippen LogP contribution < -0.4 is 5.32 Å². The zero-order valence-corrected chi connectivity index (χ0v) is 13.6. The highest BCUT2D eigenvalue weighted by Gasteiger charge is 2.48. The van der Waals surface area contributed by atoms with Crippen LogP contribution in [0.5, 0.6) is 0 Å². The molecule has 0 aromatic heterocycles. The van der Waals surface area contributed by atoms with Crippen LogP contribution in [0.25, 0.3) is 0 Å². The number of ether oxygens (including phenoxy) is 1. The Labute approximate surface area is 128 Å². The van der Waals surface area contributed by atoms with Crippen LogP contribution in [0.3, 0.4) is 0 Å². The minimum Gasteiger partial charge on any atom is -0.480 e. The summed E-state index contributed by atoms with van der Waals surface area (Å²) >= 11 is 0. The fourth-order valence-electron chi connectivity index (χ4n) is 4.18. The molecule has 0 aromatic rings. The van der Waals surface area contributed by atoms with Gasteiger partial charge in [0.1, 0.15) is 5.54 Å². The van der Waals surface area contributed by atoms with E-state index in [9.17, 15) is 9.90 Å². The van der Waals surface area contributed by atoms with Gasteiger partial charge in [0.05, 0.1) is 12.2 Å². The zero-order chi connectivity index (χ0) is 15.5. The molecule has 5 nitrogen and oxygen atoms in total. The molecule has 1 heterocycles. The quantitative estimate of drug-likeness (QED) is 0.782. The molecule has 2 rings (SSSR count). The maximum absolute atomic E-state index is 11.8. The van der Waals surface area contributed by atoms with Crippen molar-refractivity contribution in [3.63, 3.8) is 0 Å². The van der Waals surface area contributed by atoms with Crippen LogP contribution in [0.4, 0.5) is 0 Å². The van der Waals surface area contributed by atoms with Crippen molar-refractivity contribution in [2.45, 2.75) is 64.2 Å². The van der Waals surface area contributed by atoms with Crippen molar-refractivity contribution in [3.8, 4) is 0 Å². The first-order valence-electron chi connectivity index (χ1n) is 8.34. The Morgan fingerprint density at radius 2 is 2.05 bits per heavy atom. The molecule has 21 heavy (non-hydrogen) atoms. The Balaban J connectivity index is 1.93. The van der Waals surface area contributed by atoms with E-state index >= 15 is 0 Å². The normalized spacial score (nSPS) is 37.8. The number of hydrogen-bond donors (Lipinski definition) is 2. The number of carboxylic acids is 1. The first-order chi connectivity index (χ1) is 9.98. The summed E-state index contributed by atoms with van der Waals surface area (Å²) in [5, 5.41) is 13.0. The lowest BCUT2D eigenvalue weighted by Crippen LogP contribution is -2.55. The lowest BCUT2D eigenvalue weighted by Gasteiger charge is -2.37. The van der Waals surface area contributed by atoms with Crippen LogP contribution >= 0.6 is 0 Å². The predicted octanol–water partition coefficient (Wildman–Crippen LogP) is 1.72. The SMILES string of the molecule is CCNC1(C(=O)O)CCCC1CCN1C[C@@H](C)O[C@@H](C)C1. The Kier molecular flexibility index (Phi) is 5.63. The number of hydrogen-bond acceptors (Lipinski definition) is 4. The number of nitrogens with zero attached hydrogens (tertiary/aromatic N) is 1. The summed E-state index contributed by atoms with van der Waals surface area (Å²) in [5.74, 6) is -0.432.